The molecule has 2 amide bonds. The molecule has 0 N–H and O–H groups in total. The molecule has 1 spiro atoms. The molecule has 6 nitrogen and oxygen atoms in total. The van der Waals surface area contributed by atoms with Gasteiger partial charge in [-0.25, -0.2) is 0 Å². The van der Waals surface area contributed by atoms with Crippen LogP contribution in [0, 0.1) is 12.3 Å². The maximum absolute atomic E-state index is 13.0. The summed E-state index contributed by atoms with van der Waals surface area (Å²) in [6.45, 7) is 6.74. The number of benzene rings is 1. The highest BCUT2D eigenvalue weighted by atomic mass is 16.5. The smallest absolute Gasteiger partial charge is 0.292 e. The van der Waals surface area contributed by atoms with Gasteiger partial charge < -0.3 is 14.3 Å². The van der Waals surface area contributed by atoms with Crippen LogP contribution in [-0.4, -0.2) is 52.9 Å². The Morgan fingerprint density at radius 3 is 2.57 bits per heavy atom. The first-order valence-electron chi connectivity index (χ1n) is 10.1. The quantitative estimate of drug-likeness (QED) is 0.819. The first kappa shape index (κ1) is 18.7. The minimum absolute atomic E-state index is 0.0680. The molecule has 2 aliphatic rings. The second kappa shape index (κ2) is 7.41. The maximum atomic E-state index is 13.0. The molecule has 3 heterocycles. The number of amides is 2. The van der Waals surface area contributed by atoms with Crippen LogP contribution < -0.4 is 0 Å². The number of aryl methyl sites for hydroxylation is 1. The number of carbonyl (C=O) groups excluding carboxylic acids is 2. The molecule has 0 aliphatic carbocycles. The number of likely N-dealkylation sites (N-methyl/N-ethyl adjacent to an activating group) is 1. The summed E-state index contributed by atoms with van der Waals surface area (Å²) >= 11 is 0. The Morgan fingerprint density at radius 1 is 1.25 bits per heavy atom. The average Bonchev–Trinajstić information content (AvgIpc) is 3.17. The van der Waals surface area contributed by atoms with Gasteiger partial charge in [-0.15, -0.1) is 0 Å². The number of hydrogen-bond acceptors (Lipinski definition) is 4. The van der Waals surface area contributed by atoms with Gasteiger partial charge in [-0.2, -0.15) is 0 Å². The van der Waals surface area contributed by atoms with Crippen molar-refractivity contribution in [1.82, 2.24) is 15.0 Å². The van der Waals surface area contributed by atoms with E-state index in [0.29, 0.717) is 24.5 Å². The molecule has 1 aromatic carbocycles. The van der Waals surface area contributed by atoms with E-state index >= 15 is 0 Å². The van der Waals surface area contributed by atoms with E-state index in [1.807, 2.05) is 41.8 Å². The van der Waals surface area contributed by atoms with Crippen molar-refractivity contribution in [2.24, 2.45) is 5.41 Å². The van der Waals surface area contributed by atoms with Crippen LogP contribution >= 0.6 is 0 Å². The first-order chi connectivity index (χ1) is 13.5. The van der Waals surface area contributed by atoms with Crippen molar-refractivity contribution < 1.29 is 14.1 Å². The zero-order valence-electron chi connectivity index (χ0n) is 16.6. The molecule has 0 saturated carbocycles. The Bertz CT molecular complexity index is 853. The molecule has 2 saturated heterocycles. The zero-order valence-corrected chi connectivity index (χ0v) is 16.6. The molecule has 2 aliphatic heterocycles. The molecule has 28 heavy (non-hydrogen) atoms. The van der Waals surface area contributed by atoms with E-state index in [9.17, 15) is 9.59 Å². The van der Waals surface area contributed by atoms with Crippen LogP contribution in [0.1, 0.15) is 53.9 Å². The van der Waals surface area contributed by atoms with E-state index in [0.717, 1.165) is 37.9 Å². The van der Waals surface area contributed by atoms with E-state index in [2.05, 4.69) is 17.3 Å². The first-order valence-corrected chi connectivity index (χ1v) is 10.1. The predicted octanol–water partition coefficient (Wildman–Crippen LogP) is 3.24. The van der Waals surface area contributed by atoms with Gasteiger partial charge in [-0.05, 0) is 44.1 Å². The summed E-state index contributed by atoms with van der Waals surface area (Å²) in [7, 11) is 0. The molecule has 1 atom stereocenters. The Morgan fingerprint density at radius 2 is 1.96 bits per heavy atom. The van der Waals surface area contributed by atoms with Crippen molar-refractivity contribution in [3.8, 4) is 0 Å². The molecular weight excluding hydrogens is 354 g/mol. The number of likely N-dealkylation sites (tertiary alicyclic amines) is 2. The molecule has 0 bridgehead atoms. The third-order valence-corrected chi connectivity index (χ3v) is 6.31. The number of aromatic nitrogens is 1. The fourth-order valence-corrected chi connectivity index (χ4v) is 4.67. The van der Waals surface area contributed by atoms with Gasteiger partial charge in [0, 0.05) is 32.2 Å². The molecule has 6 heteroatoms. The Hall–Kier alpha value is -2.63. The summed E-state index contributed by atoms with van der Waals surface area (Å²) in [4.78, 5) is 29.5. The van der Waals surface area contributed by atoms with Crippen LogP contribution in [0.2, 0.25) is 0 Å². The predicted molar refractivity (Wildman–Crippen MR) is 105 cm³/mol. The normalized spacial score (nSPS) is 21.9. The number of rotatable bonds is 3. The summed E-state index contributed by atoms with van der Waals surface area (Å²) in [6.07, 6.45) is 2.66. The van der Waals surface area contributed by atoms with Gasteiger partial charge >= 0.3 is 0 Å². The van der Waals surface area contributed by atoms with Crippen molar-refractivity contribution in [3.63, 3.8) is 0 Å². The largest absolute Gasteiger partial charge is 0.351 e. The van der Waals surface area contributed by atoms with Gasteiger partial charge in [0.15, 0.2) is 0 Å². The highest BCUT2D eigenvalue weighted by Crippen LogP contribution is 2.45. The molecule has 0 radical (unpaired) electrons. The van der Waals surface area contributed by atoms with Gasteiger partial charge in [-0.1, -0.05) is 35.5 Å². The highest BCUT2D eigenvalue weighted by Gasteiger charge is 2.46. The number of nitrogens with zero attached hydrogens (tertiary/aromatic N) is 3. The van der Waals surface area contributed by atoms with Crippen molar-refractivity contribution in [2.75, 3.05) is 26.2 Å². The topological polar surface area (TPSA) is 66.7 Å². The van der Waals surface area contributed by atoms with Gasteiger partial charge in [-0.3, -0.25) is 9.59 Å². The summed E-state index contributed by atoms with van der Waals surface area (Å²) in [6, 6.07) is 11.8. The highest BCUT2D eigenvalue weighted by molar-refractivity contribution is 5.91. The lowest BCUT2D eigenvalue weighted by Crippen LogP contribution is -2.54. The Kier molecular flexibility index (Phi) is 4.96. The van der Waals surface area contributed by atoms with Crippen LogP contribution in [0.4, 0.5) is 0 Å². The fourth-order valence-electron chi connectivity index (χ4n) is 4.67. The average molecular weight is 381 g/mol. The summed E-state index contributed by atoms with van der Waals surface area (Å²) in [5.41, 5.74) is 1.88. The fraction of sp³-hybridized carbons (Fsp3) is 0.500. The molecule has 2 aromatic rings. The number of hydrogen-bond donors (Lipinski definition) is 0. The molecule has 0 unspecified atom stereocenters. The molecule has 1 aromatic heterocycles. The minimum Gasteiger partial charge on any atom is -0.351 e. The number of piperidine rings is 2. The maximum Gasteiger partial charge on any atom is 0.292 e. The van der Waals surface area contributed by atoms with Crippen molar-refractivity contribution in [2.45, 2.75) is 39.0 Å². The lowest BCUT2D eigenvalue weighted by molar-refractivity contribution is -0.141. The summed E-state index contributed by atoms with van der Waals surface area (Å²) in [5, 5.41) is 3.82. The van der Waals surface area contributed by atoms with Crippen molar-refractivity contribution in [3.05, 3.63) is 53.4 Å². The molecule has 148 valence electrons. The number of carbonyl (C=O) groups is 2. The molecule has 2 fully saturated rings. The lowest BCUT2D eigenvalue weighted by Gasteiger charge is -2.49. The van der Waals surface area contributed by atoms with E-state index in [-0.39, 0.29) is 23.1 Å². The van der Waals surface area contributed by atoms with Crippen LogP contribution in [0.3, 0.4) is 0 Å². The van der Waals surface area contributed by atoms with Crippen LogP contribution in [0.25, 0.3) is 0 Å². The van der Waals surface area contributed by atoms with Crippen molar-refractivity contribution >= 4 is 11.8 Å². The standard InChI is InChI=1S/C22H27N3O3/c1-3-24-15-22(14-18(20(24)26)17-7-5-4-6-8-17)9-11-25(12-10-22)21(27)19-13-16(2)23-28-19/h4-8,13,18H,3,9-12,14-15H2,1-2H3/t18-/m0/s1. The molecular formula is C22H27N3O3. The summed E-state index contributed by atoms with van der Waals surface area (Å²) in [5.74, 6) is 0.364. The summed E-state index contributed by atoms with van der Waals surface area (Å²) < 4.78 is 5.15. The van der Waals surface area contributed by atoms with Crippen LogP contribution in [-0.2, 0) is 4.79 Å². The van der Waals surface area contributed by atoms with E-state index in [1.54, 1.807) is 6.07 Å². The van der Waals surface area contributed by atoms with E-state index < -0.39 is 0 Å². The van der Waals surface area contributed by atoms with Gasteiger partial charge in [0.2, 0.25) is 11.7 Å². The van der Waals surface area contributed by atoms with Crippen molar-refractivity contribution in [1.29, 1.82) is 0 Å². The van der Waals surface area contributed by atoms with Crippen LogP contribution in [0.5, 0.6) is 0 Å². The van der Waals surface area contributed by atoms with Gasteiger partial charge in [0.25, 0.3) is 5.91 Å². The van der Waals surface area contributed by atoms with Gasteiger partial charge in [0.05, 0.1) is 11.6 Å². The second-order valence-corrected chi connectivity index (χ2v) is 8.14. The van der Waals surface area contributed by atoms with E-state index in [4.69, 9.17) is 4.52 Å². The minimum atomic E-state index is -0.0888. The van der Waals surface area contributed by atoms with E-state index in [1.165, 1.54) is 0 Å². The molecule has 4 rings (SSSR count). The SMILES string of the molecule is CCN1CC2(CCN(C(=O)c3cc(C)no3)CC2)C[C@@H](c2ccccc2)C1=O. The Labute approximate surface area is 165 Å². The monoisotopic (exact) mass is 381 g/mol. The third kappa shape index (κ3) is 3.43. The van der Waals surface area contributed by atoms with Crippen LogP contribution in [0.15, 0.2) is 40.9 Å². The second-order valence-electron chi connectivity index (χ2n) is 8.14. The zero-order chi connectivity index (χ0) is 19.7. The lowest BCUT2D eigenvalue weighted by atomic mass is 9.67. The van der Waals surface area contributed by atoms with Gasteiger partial charge in [0.1, 0.15) is 0 Å². The third-order valence-electron chi connectivity index (χ3n) is 6.31. The Balaban J connectivity index is 1.50.